The maximum absolute atomic E-state index is 13.4. The lowest BCUT2D eigenvalue weighted by molar-refractivity contribution is 0.232. The number of hydrogen-bond donors (Lipinski definition) is 1. The molecule has 1 aromatic carbocycles. The second kappa shape index (κ2) is 4.87. The molecule has 0 bridgehead atoms. The lowest BCUT2D eigenvalue weighted by Crippen LogP contribution is -2.08. The number of ether oxygens (including phenoxy) is 1. The van der Waals surface area contributed by atoms with Crippen molar-refractivity contribution in [2.75, 3.05) is 0 Å². The van der Waals surface area contributed by atoms with Gasteiger partial charge in [0.05, 0.1) is 22.1 Å². The molecule has 3 nitrogen and oxygen atoms in total. The van der Waals surface area contributed by atoms with Gasteiger partial charge in [0.15, 0.2) is 0 Å². The molecular weight excluding hydrogens is 279 g/mol. The molecule has 1 N–H and O–H groups in total. The van der Waals surface area contributed by atoms with Crippen molar-refractivity contribution < 1.29 is 9.13 Å². The van der Waals surface area contributed by atoms with Gasteiger partial charge in [0, 0.05) is 12.5 Å². The number of fused-ring (bicyclic) bond motifs is 1. The minimum absolute atomic E-state index is 0.102. The van der Waals surface area contributed by atoms with Crippen molar-refractivity contribution in [3.05, 3.63) is 58.1 Å². The standard InChI is InChI=1S/C15H12ClFN2O/c1-8(18)12-3-2-4-13(19-12)15-6-9-5-10(16)11(17)7-14(9)20-15/h2-5,7,15,18H,6H2,1H3. The summed E-state index contributed by atoms with van der Waals surface area (Å²) in [5, 5.41) is 7.72. The number of halogens is 2. The molecule has 0 aliphatic carbocycles. The molecule has 102 valence electrons. The van der Waals surface area contributed by atoms with Gasteiger partial charge >= 0.3 is 0 Å². The van der Waals surface area contributed by atoms with Crippen molar-refractivity contribution in [1.29, 1.82) is 5.41 Å². The predicted octanol–water partition coefficient (Wildman–Crippen LogP) is 3.94. The van der Waals surface area contributed by atoms with Crippen LogP contribution in [0.15, 0.2) is 30.3 Å². The van der Waals surface area contributed by atoms with Crippen molar-refractivity contribution in [2.45, 2.75) is 19.4 Å². The van der Waals surface area contributed by atoms with Gasteiger partial charge < -0.3 is 10.1 Å². The fourth-order valence-electron chi connectivity index (χ4n) is 2.24. The summed E-state index contributed by atoms with van der Waals surface area (Å²) in [6.45, 7) is 1.69. The third-order valence-corrected chi connectivity index (χ3v) is 3.55. The third-order valence-electron chi connectivity index (χ3n) is 3.26. The zero-order chi connectivity index (χ0) is 14.3. The first-order valence-corrected chi connectivity index (χ1v) is 6.59. The normalized spacial score (nSPS) is 16.6. The highest BCUT2D eigenvalue weighted by Crippen LogP contribution is 2.38. The molecule has 5 heteroatoms. The number of hydrogen-bond acceptors (Lipinski definition) is 3. The molecular formula is C15H12ClFN2O. The van der Waals surface area contributed by atoms with Crippen molar-refractivity contribution in [3.8, 4) is 5.75 Å². The number of nitrogens with one attached hydrogen (secondary N) is 1. The molecule has 0 saturated carbocycles. The molecule has 0 saturated heterocycles. The Bertz CT molecular complexity index is 671. The molecule has 1 unspecified atom stereocenters. The number of nitrogens with zero attached hydrogens (tertiary/aromatic N) is 1. The molecule has 0 spiro atoms. The number of benzene rings is 1. The van der Waals surface area contributed by atoms with E-state index >= 15 is 0 Å². The van der Waals surface area contributed by atoms with Gasteiger partial charge in [-0.15, -0.1) is 0 Å². The number of rotatable bonds is 2. The first-order valence-electron chi connectivity index (χ1n) is 6.21. The summed E-state index contributed by atoms with van der Waals surface area (Å²) in [5.41, 5.74) is 2.63. The third kappa shape index (κ3) is 2.27. The average Bonchev–Trinajstić information content (AvgIpc) is 2.82. The smallest absolute Gasteiger partial charge is 0.145 e. The molecule has 2 heterocycles. The molecule has 1 atom stereocenters. The predicted molar refractivity (Wildman–Crippen MR) is 75.2 cm³/mol. The second-order valence-electron chi connectivity index (χ2n) is 4.76. The van der Waals surface area contributed by atoms with Gasteiger partial charge in [-0.25, -0.2) is 9.37 Å². The molecule has 1 aliphatic heterocycles. The second-order valence-corrected chi connectivity index (χ2v) is 5.16. The van der Waals surface area contributed by atoms with Crippen LogP contribution in [0, 0.1) is 11.2 Å². The SMILES string of the molecule is CC(=N)c1cccc(C2Cc3cc(Cl)c(F)cc3O2)n1. The Labute approximate surface area is 120 Å². The summed E-state index contributed by atoms with van der Waals surface area (Å²) in [7, 11) is 0. The largest absolute Gasteiger partial charge is 0.483 e. The number of aromatic nitrogens is 1. The highest BCUT2D eigenvalue weighted by Gasteiger charge is 2.27. The van der Waals surface area contributed by atoms with Crippen LogP contribution in [0.5, 0.6) is 5.75 Å². The average molecular weight is 291 g/mol. The highest BCUT2D eigenvalue weighted by atomic mass is 35.5. The Kier molecular flexibility index (Phi) is 3.18. The van der Waals surface area contributed by atoms with Crippen LogP contribution in [0.3, 0.4) is 0 Å². The van der Waals surface area contributed by atoms with Gasteiger partial charge in [0.1, 0.15) is 17.7 Å². The summed E-state index contributed by atoms with van der Waals surface area (Å²) in [4.78, 5) is 4.41. The monoisotopic (exact) mass is 290 g/mol. The van der Waals surface area contributed by atoms with Crippen LogP contribution >= 0.6 is 11.6 Å². The van der Waals surface area contributed by atoms with Crippen LogP contribution in [0.1, 0.15) is 30.0 Å². The maximum Gasteiger partial charge on any atom is 0.145 e. The fraction of sp³-hybridized carbons (Fsp3) is 0.200. The zero-order valence-corrected chi connectivity index (χ0v) is 11.5. The molecule has 0 radical (unpaired) electrons. The minimum Gasteiger partial charge on any atom is -0.483 e. The van der Waals surface area contributed by atoms with Gasteiger partial charge in [-0.3, -0.25) is 0 Å². The van der Waals surface area contributed by atoms with Crippen LogP contribution in [-0.4, -0.2) is 10.7 Å². The number of pyridine rings is 1. The molecule has 20 heavy (non-hydrogen) atoms. The summed E-state index contributed by atoms with van der Waals surface area (Å²) >= 11 is 5.78. The summed E-state index contributed by atoms with van der Waals surface area (Å²) in [6, 6.07) is 8.38. The van der Waals surface area contributed by atoms with Crippen molar-refractivity contribution in [1.82, 2.24) is 4.98 Å². The van der Waals surface area contributed by atoms with Crippen molar-refractivity contribution in [2.24, 2.45) is 0 Å². The summed E-state index contributed by atoms with van der Waals surface area (Å²) in [6.07, 6.45) is 0.338. The van der Waals surface area contributed by atoms with E-state index in [4.69, 9.17) is 21.7 Å². The van der Waals surface area contributed by atoms with E-state index in [1.165, 1.54) is 6.07 Å². The lowest BCUT2D eigenvalue weighted by Gasteiger charge is -2.11. The summed E-state index contributed by atoms with van der Waals surface area (Å²) < 4.78 is 19.1. The van der Waals surface area contributed by atoms with Gasteiger partial charge in [-0.05, 0) is 30.7 Å². The van der Waals surface area contributed by atoms with Crippen LogP contribution in [0.25, 0.3) is 0 Å². The van der Waals surface area contributed by atoms with Gasteiger partial charge in [-0.1, -0.05) is 17.7 Å². The van der Waals surface area contributed by atoms with E-state index in [-0.39, 0.29) is 11.1 Å². The Hall–Kier alpha value is -1.94. The Morgan fingerprint density at radius 2 is 2.25 bits per heavy atom. The highest BCUT2D eigenvalue weighted by molar-refractivity contribution is 6.30. The van der Waals surface area contributed by atoms with Crippen molar-refractivity contribution >= 4 is 17.3 Å². The molecule has 1 aromatic heterocycles. The molecule has 1 aliphatic rings. The van der Waals surface area contributed by atoms with E-state index in [9.17, 15) is 4.39 Å². The zero-order valence-electron chi connectivity index (χ0n) is 10.8. The quantitative estimate of drug-likeness (QED) is 0.852. The fourth-order valence-corrected chi connectivity index (χ4v) is 2.42. The van der Waals surface area contributed by atoms with E-state index in [1.54, 1.807) is 19.1 Å². The van der Waals surface area contributed by atoms with E-state index in [0.29, 0.717) is 23.6 Å². The van der Waals surface area contributed by atoms with Gasteiger partial charge in [-0.2, -0.15) is 0 Å². The topological polar surface area (TPSA) is 46.0 Å². The molecule has 0 amide bonds. The van der Waals surface area contributed by atoms with Crippen LogP contribution in [-0.2, 0) is 6.42 Å². The maximum atomic E-state index is 13.4. The first kappa shape index (κ1) is 13.1. The Balaban J connectivity index is 1.92. The molecule has 3 rings (SSSR count). The lowest BCUT2D eigenvalue weighted by atomic mass is 10.1. The molecule has 2 aromatic rings. The van der Waals surface area contributed by atoms with E-state index in [2.05, 4.69) is 4.98 Å². The van der Waals surface area contributed by atoms with Crippen LogP contribution < -0.4 is 4.74 Å². The van der Waals surface area contributed by atoms with Crippen LogP contribution in [0.4, 0.5) is 4.39 Å². The summed E-state index contributed by atoms with van der Waals surface area (Å²) in [5.74, 6) is 0.0267. The van der Waals surface area contributed by atoms with Gasteiger partial charge in [0.2, 0.25) is 0 Å². The van der Waals surface area contributed by atoms with E-state index < -0.39 is 5.82 Å². The molecule has 0 fully saturated rings. The van der Waals surface area contributed by atoms with Crippen molar-refractivity contribution in [3.63, 3.8) is 0 Å². The first-order chi connectivity index (χ1) is 9.54. The van der Waals surface area contributed by atoms with Gasteiger partial charge in [0.25, 0.3) is 0 Å². The van der Waals surface area contributed by atoms with E-state index in [0.717, 1.165) is 11.3 Å². The Morgan fingerprint density at radius 3 is 3.00 bits per heavy atom. The minimum atomic E-state index is -0.483. The Morgan fingerprint density at radius 1 is 1.45 bits per heavy atom. The van der Waals surface area contributed by atoms with Crippen LogP contribution in [0.2, 0.25) is 5.02 Å². The van der Waals surface area contributed by atoms with E-state index in [1.807, 2.05) is 12.1 Å².